The summed E-state index contributed by atoms with van der Waals surface area (Å²) < 4.78 is 0. The molecular formula is C6H17N3S. The molecule has 5 N–H and O–H groups in total. The van der Waals surface area contributed by atoms with Crippen molar-refractivity contribution in [1.82, 2.24) is 5.32 Å². The van der Waals surface area contributed by atoms with E-state index in [2.05, 4.69) is 17.9 Å². The van der Waals surface area contributed by atoms with Gasteiger partial charge < -0.3 is 16.8 Å². The third kappa shape index (κ3) is 8.23. The lowest BCUT2D eigenvalue weighted by Crippen LogP contribution is -2.35. The lowest BCUT2D eigenvalue weighted by Gasteiger charge is -2.08. The zero-order valence-electron chi connectivity index (χ0n) is 6.38. The van der Waals surface area contributed by atoms with E-state index >= 15 is 0 Å². The van der Waals surface area contributed by atoms with Crippen LogP contribution in [0.1, 0.15) is 19.8 Å². The van der Waals surface area contributed by atoms with Crippen LogP contribution in [0.4, 0.5) is 0 Å². The van der Waals surface area contributed by atoms with Gasteiger partial charge in [0.25, 0.3) is 0 Å². The Labute approximate surface area is 67.9 Å². The predicted molar refractivity (Wildman–Crippen MR) is 47.8 cm³/mol. The first-order chi connectivity index (χ1) is 4.63. The summed E-state index contributed by atoms with van der Waals surface area (Å²) in [5.74, 6) is 0. The molecule has 0 rings (SSSR count). The highest BCUT2D eigenvalue weighted by atomic mass is 32.1. The second-order valence-corrected chi connectivity index (χ2v) is 3.12. The van der Waals surface area contributed by atoms with Crippen molar-refractivity contribution in [3.05, 3.63) is 0 Å². The van der Waals surface area contributed by atoms with Crippen LogP contribution in [0.5, 0.6) is 0 Å². The molecule has 3 nitrogen and oxygen atoms in total. The molecule has 0 spiro atoms. The first-order valence-corrected chi connectivity index (χ1v) is 4.07. The molecule has 0 amide bonds. The predicted octanol–water partition coefficient (Wildman–Crippen LogP) is -0.124. The Morgan fingerprint density at radius 2 is 2.10 bits per heavy atom. The molecule has 62 valence electrons. The molecule has 10 heavy (non-hydrogen) atoms. The minimum atomic E-state index is 0.00915. The van der Waals surface area contributed by atoms with Crippen molar-refractivity contribution in [2.75, 3.05) is 6.54 Å². The van der Waals surface area contributed by atoms with E-state index in [9.17, 15) is 0 Å². The van der Waals surface area contributed by atoms with Crippen LogP contribution in [0.2, 0.25) is 0 Å². The van der Waals surface area contributed by atoms with Crippen molar-refractivity contribution in [2.45, 2.75) is 31.3 Å². The van der Waals surface area contributed by atoms with Gasteiger partial charge in [-0.05, 0) is 26.3 Å². The van der Waals surface area contributed by atoms with Crippen LogP contribution in [0, 0.1) is 0 Å². The molecule has 0 aliphatic rings. The van der Waals surface area contributed by atoms with Gasteiger partial charge in [0.2, 0.25) is 0 Å². The molecule has 2 unspecified atom stereocenters. The summed E-state index contributed by atoms with van der Waals surface area (Å²) in [5.41, 5.74) is 10.9. The summed E-state index contributed by atoms with van der Waals surface area (Å²) in [7, 11) is 0. The Balaban J connectivity index is 2.91. The maximum absolute atomic E-state index is 5.45. The Morgan fingerprint density at radius 1 is 1.50 bits per heavy atom. The zero-order valence-corrected chi connectivity index (χ0v) is 7.27. The summed E-state index contributed by atoms with van der Waals surface area (Å²) in [5, 5.41) is 3.10. The minimum Gasteiger partial charge on any atom is -0.320 e. The topological polar surface area (TPSA) is 64.1 Å². The quantitative estimate of drug-likeness (QED) is 0.259. The van der Waals surface area contributed by atoms with Crippen LogP contribution in [0.25, 0.3) is 0 Å². The molecule has 0 aromatic carbocycles. The first-order valence-electron chi connectivity index (χ1n) is 3.55. The van der Waals surface area contributed by atoms with Gasteiger partial charge in [0.15, 0.2) is 0 Å². The van der Waals surface area contributed by atoms with E-state index in [1.807, 2.05) is 6.92 Å². The van der Waals surface area contributed by atoms with Crippen molar-refractivity contribution in [3.63, 3.8) is 0 Å². The van der Waals surface area contributed by atoms with E-state index < -0.39 is 0 Å². The second-order valence-electron chi connectivity index (χ2n) is 2.45. The van der Waals surface area contributed by atoms with Crippen molar-refractivity contribution in [3.8, 4) is 0 Å². The SMILES string of the molecule is CC(N)NCCCC(N)S. The third-order valence-corrected chi connectivity index (χ3v) is 1.40. The Hall–Kier alpha value is 0.230. The summed E-state index contributed by atoms with van der Waals surface area (Å²) in [6.07, 6.45) is 2.05. The molecule has 0 radical (unpaired) electrons. The summed E-state index contributed by atoms with van der Waals surface area (Å²) >= 11 is 4.04. The smallest absolute Gasteiger partial charge is 0.0517 e. The third-order valence-electron chi connectivity index (χ3n) is 1.14. The van der Waals surface area contributed by atoms with Gasteiger partial charge in [-0.25, -0.2) is 0 Å². The van der Waals surface area contributed by atoms with E-state index in [1.54, 1.807) is 0 Å². The van der Waals surface area contributed by atoms with Crippen molar-refractivity contribution < 1.29 is 0 Å². The monoisotopic (exact) mass is 163 g/mol. The van der Waals surface area contributed by atoms with Crippen molar-refractivity contribution in [1.29, 1.82) is 0 Å². The standard InChI is InChI=1S/C6H17N3S/c1-5(7)9-4-2-3-6(8)10/h5-6,9-10H,2-4,7-8H2,1H3. The Bertz CT molecular complexity index is 65.4. The molecule has 2 atom stereocenters. The first kappa shape index (κ1) is 10.2. The van der Waals surface area contributed by atoms with E-state index in [-0.39, 0.29) is 11.5 Å². The summed E-state index contributed by atoms with van der Waals surface area (Å²) in [4.78, 5) is 0. The van der Waals surface area contributed by atoms with E-state index in [0.717, 1.165) is 19.4 Å². The van der Waals surface area contributed by atoms with E-state index in [0.29, 0.717) is 0 Å². The highest BCUT2D eigenvalue weighted by Crippen LogP contribution is 1.95. The molecule has 0 bridgehead atoms. The fourth-order valence-corrected chi connectivity index (χ4v) is 0.824. The van der Waals surface area contributed by atoms with Crippen LogP contribution in [0.15, 0.2) is 0 Å². The molecule has 0 saturated carbocycles. The van der Waals surface area contributed by atoms with Gasteiger partial charge in [0.1, 0.15) is 0 Å². The Morgan fingerprint density at radius 3 is 2.50 bits per heavy atom. The fraction of sp³-hybridized carbons (Fsp3) is 1.00. The molecule has 0 aliphatic carbocycles. The fourth-order valence-electron chi connectivity index (χ4n) is 0.641. The summed E-state index contributed by atoms with van der Waals surface area (Å²) in [6, 6.07) is 0. The molecule has 4 heteroatoms. The maximum Gasteiger partial charge on any atom is 0.0517 e. The average Bonchev–Trinajstić information content (AvgIpc) is 1.79. The minimum absolute atomic E-state index is 0.00915. The molecule has 0 fully saturated rings. The number of hydrogen-bond donors (Lipinski definition) is 4. The molecule has 0 aliphatic heterocycles. The van der Waals surface area contributed by atoms with Gasteiger partial charge in [-0.2, -0.15) is 12.6 Å². The number of nitrogens with two attached hydrogens (primary N) is 2. The normalized spacial score (nSPS) is 16.8. The van der Waals surface area contributed by atoms with Gasteiger partial charge in [0.05, 0.1) is 6.17 Å². The lowest BCUT2D eigenvalue weighted by molar-refractivity contribution is 0.539. The molecule has 0 aromatic rings. The van der Waals surface area contributed by atoms with Crippen LogP contribution in [0.3, 0.4) is 0 Å². The van der Waals surface area contributed by atoms with Gasteiger partial charge in [-0.1, -0.05) is 0 Å². The van der Waals surface area contributed by atoms with Gasteiger partial charge >= 0.3 is 0 Å². The van der Waals surface area contributed by atoms with Crippen LogP contribution in [-0.4, -0.2) is 18.1 Å². The highest BCUT2D eigenvalue weighted by Gasteiger charge is 1.95. The molecule has 0 heterocycles. The number of thiol groups is 1. The maximum atomic E-state index is 5.45. The van der Waals surface area contributed by atoms with Gasteiger partial charge in [0, 0.05) is 5.37 Å². The number of hydrogen-bond acceptors (Lipinski definition) is 4. The van der Waals surface area contributed by atoms with Gasteiger partial charge in [-0.3, -0.25) is 0 Å². The van der Waals surface area contributed by atoms with Crippen LogP contribution < -0.4 is 16.8 Å². The molecule has 0 saturated heterocycles. The largest absolute Gasteiger partial charge is 0.320 e. The number of rotatable bonds is 5. The Kier molecular flexibility index (Phi) is 6.11. The van der Waals surface area contributed by atoms with Crippen molar-refractivity contribution in [2.24, 2.45) is 11.5 Å². The van der Waals surface area contributed by atoms with E-state index in [4.69, 9.17) is 11.5 Å². The average molecular weight is 163 g/mol. The lowest BCUT2D eigenvalue weighted by atomic mass is 10.3. The van der Waals surface area contributed by atoms with Crippen molar-refractivity contribution >= 4 is 12.6 Å². The zero-order chi connectivity index (χ0) is 7.98. The van der Waals surface area contributed by atoms with Crippen LogP contribution >= 0.6 is 12.6 Å². The summed E-state index contributed by atoms with van der Waals surface area (Å²) in [6.45, 7) is 2.84. The van der Waals surface area contributed by atoms with E-state index in [1.165, 1.54) is 0 Å². The number of nitrogens with one attached hydrogen (secondary N) is 1. The molecular weight excluding hydrogens is 146 g/mol. The second kappa shape index (κ2) is 5.97. The van der Waals surface area contributed by atoms with Gasteiger partial charge in [-0.15, -0.1) is 0 Å². The highest BCUT2D eigenvalue weighted by molar-refractivity contribution is 7.80. The molecule has 0 aromatic heterocycles. The van der Waals surface area contributed by atoms with Crippen LogP contribution in [-0.2, 0) is 0 Å².